The molecule has 0 aliphatic heterocycles. The molecule has 0 fully saturated rings. The van der Waals surface area contributed by atoms with Crippen LogP contribution in [0.5, 0.6) is 0 Å². The van der Waals surface area contributed by atoms with Crippen LogP contribution in [0.25, 0.3) is 0 Å². The van der Waals surface area contributed by atoms with E-state index in [0.29, 0.717) is 0 Å². The predicted molar refractivity (Wildman–Crippen MR) is 69.3 cm³/mol. The minimum Gasteiger partial charge on any atom is -0.308 e. The van der Waals surface area contributed by atoms with Crippen LogP contribution in [-0.4, -0.2) is 7.05 Å². The topological polar surface area (TPSA) is 12.0 Å². The molecule has 0 saturated heterocycles. The van der Waals surface area contributed by atoms with Crippen molar-refractivity contribution in [3.8, 4) is 0 Å². The van der Waals surface area contributed by atoms with E-state index in [0.717, 1.165) is 5.02 Å². The molecule has 4 heteroatoms. The van der Waals surface area contributed by atoms with Gasteiger partial charge in [-0.2, -0.15) is 0 Å². The molecule has 2 aromatic rings. The van der Waals surface area contributed by atoms with Crippen molar-refractivity contribution in [2.24, 2.45) is 0 Å². The third-order valence-electron chi connectivity index (χ3n) is 2.36. The molecule has 1 unspecified atom stereocenters. The fraction of sp³-hybridized carbons (Fsp3) is 0.273. The van der Waals surface area contributed by atoms with E-state index in [9.17, 15) is 0 Å². The zero-order chi connectivity index (χ0) is 10.8. The lowest BCUT2D eigenvalue weighted by Gasteiger charge is -2.14. The van der Waals surface area contributed by atoms with Crippen LogP contribution in [0, 0.1) is 6.92 Å². The van der Waals surface area contributed by atoms with Crippen molar-refractivity contribution in [2.75, 3.05) is 7.05 Å². The Morgan fingerprint density at radius 2 is 1.87 bits per heavy atom. The van der Waals surface area contributed by atoms with Crippen LogP contribution in [0.15, 0.2) is 22.9 Å². The highest BCUT2D eigenvalue weighted by Gasteiger charge is 2.19. The summed E-state index contributed by atoms with van der Waals surface area (Å²) in [5.74, 6) is 0. The summed E-state index contributed by atoms with van der Waals surface area (Å²) in [6, 6.07) is 4.33. The van der Waals surface area contributed by atoms with Crippen molar-refractivity contribution < 1.29 is 0 Å². The Labute approximate surface area is 103 Å². The average Bonchev–Trinajstić information content (AvgIpc) is 2.80. The molecular weight excluding hydrogens is 246 g/mol. The van der Waals surface area contributed by atoms with E-state index in [1.54, 1.807) is 22.7 Å². The largest absolute Gasteiger partial charge is 0.308 e. The molecule has 1 atom stereocenters. The van der Waals surface area contributed by atoms with Crippen molar-refractivity contribution in [1.82, 2.24) is 5.32 Å². The molecule has 0 amide bonds. The summed E-state index contributed by atoms with van der Waals surface area (Å²) >= 11 is 9.63. The van der Waals surface area contributed by atoms with E-state index in [2.05, 4.69) is 23.7 Å². The minimum absolute atomic E-state index is 0.234. The van der Waals surface area contributed by atoms with Crippen LogP contribution >= 0.6 is 34.3 Å². The second-order valence-electron chi connectivity index (χ2n) is 3.32. The van der Waals surface area contributed by atoms with Gasteiger partial charge in [0.25, 0.3) is 0 Å². The first-order valence-corrected chi connectivity index (χ1v) is 6.82. The predicted octanol–water partition coefficient (Wildman–Crippen LogP) is 4.08. The van der Waals surface area contributed by atoms with Gasteiger partial charge in [0.2, 0.25) is 0 Å². The number of nitrogens with one attached hydrogen (secondary N) is 1. The number of thiophene rings is 2. The number of halogens is 1. The van der Waals surface area contributed by atoms with Gasteiger partial charge in [0.1, 0.15) is 0 Å². The average molecular weight is 258 g/mol. The molecule has 0 saturated carbocycles. The van der Waals surface area contributed by atoms with Gasteiger partial charge < -0.3 is 5.32 Å². The third-order valence-corrected chi connectivity index (χ3v) is 4.87. The molecule has 2 rings (SSSR count). The fourth-order valence-electron chi connectivity index (χ4n) is 1.57. The SMILES string of the molecule is CNC(c1sccc1C)c1sccc1Cl. The number of hydrogen-bond acceptors (Lipinski definition) is 3. The summed E-state index contributed by atoms with van der Waals surface area (Å²) in [5.41, 5.74) is 1.32. The molecule has 80 valence electrons. The fourth-order valence-corrected chi connectivity index (χ4v) is 3.98. The first kappa shape index (κ1) is 11.1. The zero-order valence-corrected chi connectivity index (χ0v) is 11.0. The van der Waals surface area contributed by atoms with E-state index in [1.807, 2.05) is 18.5 Å². The Kier molecular flexibility index (Phi) is 3.46. The van der Waals surface area contributed by atoms with Gasteiger partial charge in [-0.3, -0.25) is 0 Å². The van der Waals surface area contributed by atoms with Crippen molar-refractivity contribution in [3.05, 3.63) is 43.2 Å². The summed E-state index contributed by atoms with van der Waals surface area (Å²) < 4.78 is 0. The summed E-state index contributed by atoms with van der Waals surface area (Å²) in [7, 11) is 1.97. The third kappa shape index (κ3) is 2.11. The molecule has 1 nitrogen and oxygen atoms in total. The molecule has 2 aromatic heterocycles. The van der Waals surface area contributed by atoms with Gasteiger partial charge in [-0.05, 0) is 42.4 Å². The van der Waals surface area contributed by atoms with Crippen LogP contribution in [0.3, 0.4) is 0 Å². The molecule has 1 N–H and O–H groups in total. The second-order valence-corrected chi connectivity index (χ2v) is 5.62. The van der Waals surface area contributed by atoms with Gasteiger partial charge in [0, 0.05) is 9.75 Å². The van der Waals surface area contributed by atoms with Crippen molar-refractivity contribution in [1.29, 1.82) is 0 Å². The number of rotatable bonds is 3. The van der Waals surface area contributed by atoms with Gasteiger partial charge in [0.15, 0.2) is 0 Å². The molecule has 0 aromatic carbocycles. The van der Waals surface area contributed by atoms with E-state index >= 15 is 0 Å². The maximum absolute atomic E-state index is 6.16. The lowest BCUT2D eigenvalue weighted by molar-refractivity contribution is 0.713. The Morgan fingerprint density at radius 3 is 2.33 bits per heavy atom. The molecule has 0 radical (unpaired) electrons. The highest BCUT2D eigenvalue weighted by molar-refractivity contribution is 7.12. The maximum Gasteiger partial charge on any atom is 0.0780 e. The van der Waals surface area contributed by atoms with Crippen molar-refractivity contribution in [2.45, 2.75) is 13.0 Å². The van der Waals surface area contributed by atoms with E-state index in [1.165, 1.54) is 15.3 Å². The summed E-state index contributed by atoms with van der Waals surface area (Å²) in [5, 5.41) is 8.33. The Bertz CT molecular complexity index is 407. The standard InChI is InChI=1S/C11H12ClNS2/c1-7-3-5-14-10(7)9(13-2)11-8(12)4-6-15-11/h3-6,9,13H,1-2H3. The quantitative estimate of drug-likeness (QED) is 0.874. The highest BCUT2D eigenvalue weighted by atomic mass is 35.5. The maximum atomic E-state index is 6.16. The van der Waals surface area contributed by atoms with Gasteiger partial charge in [-0.25, -0.2) is 0 Å². The van der Waals surface area contributed by atoms with Gasteiger partial charge in [-0.1, -0.05) is 11.6 Å². The van der Waals surface area contributed by atoms with Gasteiger partial charge >= 0.3 is 0 Å². The van der Waals surface area contributed by atoms with E-state index < -0.39 is 0 Å². The summed E-state index contributed by atoms with van der Waals surface area (Å²) in [6.07, 6.45) is 0. The highest BCUT2D eigenvalue weighted by Crippen LogP contribution is 2.36. The molecule has 0 spiro atoms. The van der Waals surface area contributed by atoms with Crippen LogP contribution in [0.2, 0.25) is 5.02 Å². The normalized spacial score (nSPS) is 13.0. The lowest BCUT2D eigenvalue weighted by atomic mass is 10.1. The Balaban J connectivity index is 2.41. The molecule has 15 heavy (non-hydrogen) atoms. The summed E-state index contributed by atoms with van der Waals surface area (Å²) in [4.78, 5) is 2.55. The van der Waals surface area contributed by atoms with Gasteiger partial charge in [0.05, 0.1) is 11.1 Å². The monoisotopic (exact) mass is 257 g/mol. The van der Waals surface area contributed by atoms with E-state index in [-0.39, 0.29) is 6.04 Å². The molecule has 0 bridgehead atoms. The van der Waals surface area contributed by atoms with E-state index in [4.69, 9.17) is 11.6 Å². The van der Waals surface area contributed by atoms with Gasteiger partial charge in [-0.15, -0.1) is 22.7 Å². The number of aryl methyl sites for hydroxylation is 1. The van der Waals surface area contributed by atoms with Crippen LogP contribution in [0.4, 0.5) is 0 Å². The smallest absolute Gasteiger partial charge is 0.0780 e. The lowest BCUT2D eigenvalue weighted by Crippen LogP contribution is -2.16. The second kappa shape index (κ2) is 4.66. The molecule has 0 aliphatic carbocycles. The minimum atomic E-state index is 0.234. The van der Waals surface area contributed by atoms with Crippen LogP contribution in [0.1, 0.15) is 21.4 Å². The molecule has 0 aliphatic rings. The first-order chi connectivity index (χ1) is 7.24. The van der Waals surface area contributed by atoms with Crippen molar-refractivity contribution >= 4 is 34.3 Å². The Morgan fingerprint density at radius 1 is 1.20 bits per heavy atom. The summed E-state index contributed by atoms with van der Waals surface area (Å²) in [6.45, 7) is 2.14. The molecule has 2 heterocycles. The number of hydrogen-bond donors (Lipinski definition) is 1. The Hall–Kier alpha value is -0.350. The first-order valence-electron chi connectivity index (χ1n) is 4.68. The van der Waals surface area contributed by atoms with Crippen molar-refractivity contribution in [3.63, 3.8) is 0 Å². The molecular formula is C11H12ClNS2. The van der Waals surface area contributed by atoms with Crippen LogP contribution in [-0.2, 0) is 0 Å². The van der Waals surface area contributed by atoms with Crippen LogP contribution < -0.4 is 5.32 Å². The zero-order valence-electron chi connectivity index (χ0n) is 8.58.